The summed E-state index contributed by atoms with van der Waals surface area (Å²) >= 11 is 0. The first-order valence-corrected chi connectivity index (χ1v) is 6.24. The predicted molar refractivity (Wildman–Crippen MR) is 65.9 cm³/mol. The second-order valence-electron chi connectivity index (χ2n) is 4.99. The van der Waals surface area contributed by atoms with Gasteiger partial charge in [-0.15, -0.1) is 0 Å². The summed E-state index contributed by atoms with van der Waals surface area (Å²) in [6.07, 6.45) is -5.10. The molecule has 116 valence electrons. The molecule has 2 rings (SSSR count). The van der Waals surface area contributed by atoms with Crippen LogP contribution in [0.5, 0.6) is 0 Å². The van der Waals surface area contributed by atoms with Crippen LogP contribution >= 0.6 is 0 Å². The van der Waals surface area contributed by atoms with Gasteiger partial charge in [0.1, 0.15) is 0 Å². The monoisotopic (exact) mass is 308 g/mol. The fourth-order valence-corrected chi connectivity index (χ4v) is 2.29. The quantitative estimate of drug-likeness (QED) is 0.640. The fraction of sp³-hybridized carbons (Fsp3) is 0.462. The highest BCUT2D eigenvalue weighted by Gasteiger charge is 2.40. The summed E-state index contributed by atoms with van der Waals surface area (Å²) in [6.45, 7) is -0.858. The Bertz CT molecular complexity index is 556. The van der Waals surface area contributed by atoms with Crippen molar-refractivity contribution in [3.63, 3.8) is 0 Å². The molecular weight excluding hydrogens is 295 g/mol. The molecule has 8 heteroatoms. The zero-order valence-corrected chi connectivity index (χ0v) is 10.9. The van der Waals surface area contributed by atoms with Crippen LogP contribution in [0.1, 0.15) is 28.8 Å². The molecule has 0 atom stereocenters. The first-order valence-electron chi connectivity index (χ1n) is 6.24. The Morgan fingerprint density at radius 3 is 2.52 bits per heavy atom. The molecule has 1 fully saturated rings. The number of nitrogen functional groups attached to an aromatic ring is 1. The number of alkyl halides is 5. The lowest BCUT2D eigenvalue weighted by Gasteiger charge is -2.33. The first kappa shape index (κ1) is 15.5. The number of carbonyl (C=O) groups excluding carboxylic acids is 1. The highest BCUT2D eigenvalue weighted by Crippen LogP contribution is 2.35. The van der Waals surface area contributed by atoms with Gasteiger partial charge in [0.2, 0.25) is 0 Å². The molecule has 0 aliphatic carbocycles. The van der Waals surface area contributed by atoms with Gasteiger partial charge in [-0.3, -0.25) is 4.79 Å². The minimum Gasteiger partial charge on any atom is -0.399 e. The van der Waals surface area contributed by atoms with E-state index in [2.05, 4.69) is 0 Å². The number of carbonyl (C=O) groups is 1. The van der Waals surface area contributed by atoms with E-state index < -0.39 is 35.7 Å². The Labute approximate surface area is 117 Å². The van der Waals surface area contributed by atoms with Gasteiger partial charge in [-0.2, -0.15) is 13.2 Å². The van der Waals surface area contributed by atoms with Crippen molar-refractivity contribution in [3.05, 3.63) is 29.3 Å². The number of likely N-dealkylation sites (tertiary alicyclic amines) is 1. The second-order valence-corrected chi connectivity index (χ2v) is 4.99. The average Bonchev–Trinajstić information content (AvgIpc) is 2.35. The first-order chi connectivity index (χ1) is 9.60. The molecule has 0 saturated carbocycles. The van der Waals surface area contributed by atoms with E-state index in [1.807, 2.05) is 0 Å². The van der Waals surface area contributed by atoms with Crippen molar-refractivity contribution >= 4 is 11.6 Å². The van der Waals surface area contributed by atoms with Gasteiger partial charge in [0, 0.05) is 18.7 Å². The van der Waals surface area contributed by atoms with E-state index in [4.69, 9.17) is 5.73 Å². The SMILES string of the molecule is Nc1ccc(C(=O)N2CCCC(F)(F)C2)c(C(F)(F)F)c1. The molecule has 1 aliphatic heterocycles. The van der Waals surface area contributed by atoms with Crippen molar-refractivity contribution in [1.82, 2.24) is 4.90 Å². The number of halogens is 5. The molecule has 1 amide bonds. The van der Waals surface area contributed by atoms with Crippen molar-refractivity contribution in [2.45, 2.75) is 24.9 Å². The number of nitrogens with two attached hydrogens (primary N) is 1. The van der Waals surface area contributed by atoms with Crippen LogP contribution in [0.15, 0.2) is 18.2 Å². The lowest BCUT2D eigenvalue weighted by atomic mass is 10.0. The van der Waals surface area contributed by atoms with E-state index in [0.717, 1.165) is 17.0 Å². The Kier molecular flexibility index (Phi) is 3.81. The summed E-state index contributed by atoms with van der Waals surface area (Å²) in [6, 6.07) is 2.70. The smallest absolute Gasteiger partial charge is 0.399 e. The summed E-state index contributed by atoms with van der Waals surface area (Å²) in [5.41, 5.74) is 3.29. The molecule has 3 nitrogen and oxygen atoms in total. The van der Waals surface area contributed by atoms with E-state index in [0.29, 0.717) is 6.07 Å². The molecule has 1 aliphatic rings. The summed E-state index contributed by atoms with van der Waals surface area (Å²) in [5.74, 6) is -4.12. The van der Waals surface area contributed by atoms with Crippen LogP contribution in [0.25, 0.3) is 0 Å². The van der Waals surface area contributed by atoms with Gasteiger partial charge in [0.25, 0.3) is 11.8 Å². The molecule has 0 aromatic heterocycles. The van der Waals surface area contributed by atoms with Gasteiger partial charge >= 0.3 is 6.18 Å². The molecule has 0 bridgehead atoms. The Morgan fingerprint density at radius 1 is 1.29 bits per heavy atom. The van der Waals surface area contributed by atoms with E-state index in [-0.39, 0.29) is 25.1 Å². The van der Waals surface area contributed by atoms with Crippen LogP contribution in [-0.2, 0) is 6.18 Å². The Hall–Kier alpha value is -1.86. The van der Waals surface area contributed by atoms with Crippen molar-refractivity contribution in [2.24, 2.45) is 0 Å². The highest BCUT2D eigenvalue weighted by molar-refractivity contribution is 5.96. The molecule has 0 spiro atoms. The van der Waals surface area contributed by atoms with Crippen LogP contribution in [0.3, 0.4) is 0 Å². The molecule has 1 saturated heterocycles. The zero-order valence-electron chi connectivity index (χ0n) is 10.9. The molecule has 1 heterocycles. The summed E-state index contributed by atoms with van der Waals surface area (Å²) in [5, 5.41) is 0. The minimum absolute atomic E-state index is 0.0100. The Morgan fingerprint density at radius 2 is 1.95 bits per heavy atom. The number of benzene rings is 1. The van der Waals surface area contributed by atoms with Crippen molar-refractivity contribution < 1.29 is 26.7 Å². The molecule has 1 aromatic carbocycles. The van der Waals surface area contributed by atoms with Crippen LogP contribution < -0.4 is 5.73 Å². The number of hydrogen-bond donors (Lipinski definition) is 1. The van der Waals surface area contributed by atoms with Crippen molar-refractivity contribution in [3.8, 4) is 0 Å². The number of anilines is 1. The van der Waals surface area contributed by atoms with Gasteiger partial charge < -0.3 is 10.6 Å². The summed E-state index contributed by atoms with van der Waals surface area (Å²) < 4.78 is 65.4. The minimum atomic E-state index is -4.78. The van der Waals surface area contributed by atoms with Gasteiger partial charge in [-0.1, -0.05) is 0 Å². The lowest BCUT2D eigenvalue weighted by Crippen LogP contribution is -2.46. The van der Waals surface area contributed by atoms with E-state index >= 15 is 0 Å². The average molecular weight is 308 g/mol. The summed E-state index contributed by atoms with van der Waals surface area (Å²) in [4.78, 5) is 12.9. The highest BCUT2D eigenvalue weighted by atomic mass is 19.4. The molecule has 21 heavy (non-hydrogen) atoms. The zero-order chi connectivity index (χ0) is 15.8. The van der Waals surface area contributed by atoms with Crippen LogP contribution in [0, 0.1) is 0 Å². The Balaban J connectivity index is 2.35. The maximum Gasteiger partial charge on any atom is 0.417 e. The normalized spacial score (nSPS) is 18.6. The number of nitrogens with zero attached hydrogens (tertiary/aromatic N) is 1. The van der Waals surface area contributed by atoms with Crippen molar-refractivity contribution in [1.29, 1.82) is 0 Å². The number of amides is 1. The fourth-order valence-electron chi connectivity index (χ4n) is 2.29. The molecular formula is C13H13F5N2O. The van der Waals surface area contributed by atoms with Gasteiger partial charge in [-0.05, 0) is 24.6 Å². The summed E-state index contributed by atoms with van der Waals surface area (Å²) in [7, 11) is 0. The lowest BCUT2D eigenvalue weighted by molar-refractivity contribution is -0.138. The molecule has 0 radical (unpaired) electrons. The molecule has 0 unspecified atom stereocenters. The van der Waals surface area contributed by atoms with E-state index in [1.54, 1.807) is 0 Å². The maximum atomic E-state index is 13.3. The van der Waals surface area contributed by atoms with E-state index in [9.17, 15) is 26.7 Å². The standard InChI is InChI=1S/C13H13F5N2O/c14-12(15)4-1-5-20(7-12)11(21)9-3-2-8(19)6-10(9)13(16,17)18/h2-3,6H,1,4-5,7,19H2. The van der Waals surface area contributed by atoms with Crippen LogP contribution in [0.2, 0.25) is 0 Å². The topological polar surface area (TPSA) is 46.3 Å². The van der Waals surface area contributed by atoms with Gasteiger partial charge in [0.05, 0.1) is 17.7 Å². The maximum absolute atomic E-state index is 13.3. The van der Waals surface area contributed by atoms with Crippen molar-refractivity contribution in [2.75, 3.05) is 18.8 Å². The predicted octanol–water partition coefficient (Wildman–Crippen LogP) is 3.16. The molecule has 1 aromatic rings. The van der Waals surface area contributed by atoms with Crippen LogP contribution in [0.4, 0.5) is 27.6 Å². The van der Waals surface area contributed by atoms with Crippen LogP contribution in [-0.4, -0.2) is 29.8 Å². The van der Waals surface area contributed by atoms with Gasteiger partial charge in [-0.25, -0.2) is 8.78 Å². The third kappa shape index (κ3) is 3.43. The number of piperidine rings is 1. The molecule has 2 N–H and O–H groups in total. The van der Waals surface area contributed by atoms with Gasteiger partial charge in [0.15, 0.2) is 0 Å². The number of hydrogen-bond acceptors (Lipinski definition) is 2. The second kappa shape index (κ2) is 5.16. The van der Waals surface area contributed by atoms with E-state index in [1.165, 1.54) is 0 Å². The third-order valence-electron chi connectivity index (χ3n) is 3.26. The number of rotatable bonds is 1. The largest absolute Gasteiger partial charge is 0.417 e. The third-order valence-corrected chi connectivity index (χ3v) is 3.26.